The highest BCUT2D eigenvalue weighted by Crippen LogP contribution is 2.28. The highest BCUT2D eigenvalue weighted by Gasteiger charge is 2.19. The second kappa shape index (κ2) is 9.00. The number of amides is 1. The van der Waals surface area contributed by atoms with Gasteiger partial charge in [0.1, 0.15) is 0 Å². The highest BCUT2D eigenvalue weighted by atomic mass is 32.2. The van der Waals surface area contributed by atoms with Gasteiger partial charge < -0.3 is 9.64 Å². The molecule has 0 aromatic heterocycles. The molecule has 0 aliphatic heterocycles. The molecule has 0 fully saturated rings. The molecule has 0 bridgehead atoms. The first kappa shape index (κ1) is 19.5. The fourth-order valence-electron chi connectivity index (χ4n) is 2.23. The van der Waals surface area contributed by atoms with Gasteiger partial charge in [0, 0.05) is 19.7 Å². The molecular formula is C18H18N2O5S. The maximum atomic E-state index is 12.1. The van der Waals surface area contributed by atoms with Gasteiger partial charge in [-0.05, 0) is 24.0 Å². The van der Waals surface area contributed by atoms with Crippen LogP contribution in [0.25, 0.3) is 0 Å². The molecule has 0 spiro atoms. The van der Waals surface area contributed by atoms with Crippen LogP contribution in [0.4, 0.5) is 5.69 Å². The van der Waals surface area contributed by atoms with E-state index < -0.39 is 17.5 Å². The minimum absolute atomic E-state index is 0.0352. The van der Waals surface area contributed by atoms with Crippen molar-refractivity contribution in [2.24, 2.45) is 0 Å². The largest absolute Gasteiger partial charge is 0.452 e. The molecule has 0 unspecified atom stereocenters. The van der Waals surface area contributed by atoms with E-state index in [1.807, 2.05) is 30.3 Å². The predicted octanol–water partition coefficient (Wildman–Crippen LogP) is 3.13. The Hall–Kier alpha value is -2.87. The Balaban J connectivity index is 1.96. The zero-order valence-corrected chi connectivity index (χ0v) is 15.2. The van der Waals surface area contributed by atoms with Crippen LogP contribution in [0.2, 0.25) is 0 Å². The molecule has 0 radical (unpaired) electrons. The average molecular weight is 374 g/mol. The molecule has 0 saturated carbocycles. The van der Waals surface area contributed by atoms with Gasteiger partial charge in [-0.3, -0.25) is 14.9 Å². The topological polar surface area (TPSA) is 89.8 Å². The fraction of sp³-hybridized carbons (Fsp3) is 0.222. The number of hydrogen-bond acceptors (Lipinski definition) is 6. The summed E-state index contributed by atoms with van der Waals surface area (Å²) in [5.74, 6) is -1.14. The number of ether oxygens (including phenoxy) is 1. The van der Waals surface area contributed by atoms with Gasteiger partial charge in [-0.1, -0.05) is 30.3 Å². The number of hydrogen-bond donors (Lipinski definition) is 0. The van der Waals surface area contributed by atoms with Crippen LogP contribution in [-0.4, -0.2) is 41.6 Å². The molecule has 136 valence electrons. The molecule has 0 atom stereocenters. The number of carbonyl (C=O) groups excluding carboxylic acids is 2. The third kappa shape index (κ3) is 5.06. The second-order valence-corrected chi connectivity index (χ2v) is 6.30. The van der Waals surface area contributed by atoms with Gasteiger partial charge in [0.05, 0.1) is 15.4 Å². The molecule has 0 aliphatic rings. The van der Waals surface area contributed by atoms with E-state index in [2.05, 4.69) is 0 Å². The van der Waals surface area contributed by atoms with Crippen molar-refractivity contribution < 1.29 is 19.2 Å². The standard InChI is InChI=1S/C18H18N2O5S/c1-19(11-13-6-4-3-5-7-13)17(21)12-25-18(22)14-8-9-16(26-2)15(10-14)20(23)24/h3-10H,11-12H2,1-2H3. The van der Waals surface area contributed by atoms with E-state index in [0.717, 1.165) is 11.6 Å². The quantitative estimate of drug-likeness (QED) is 0.320. The van der Waals surface area contributed by atoms with E-state index in [9.17, 15) is 19.7 Å². The van der Waals surface area contributed by atoms with Gasteiger partial charge in [-0.2, -0.15) is 0 Å². The number of benzene rings is 2. The minimum Gasteiger partial charge on any atom is -0.452 e. The van der Waals surface area contributed by atoms with E-state index in [1.165, 1.54) is 28.8 Å². The molecule has 0 saturated heterocycles. The molecule has 26 heavy (non-hydrogen) atoms. The smallest absolute Gasteiger partial charge is 0.338 e. The van der Waals surface area contributed by atoms with Gasteiger partial charge in [0.15, 0.2) is 6.61 Å². The number of nitro groups is 1. The summed E-state index contributed by atoms with van der Waals surface area (Å²) in [5, 5.41) is 11.1. The molecule has 2 aromatic rings. The maximum absolute atomic E-state index is 12.1. The van der Waals surface area contributed by atoms with Crippen LogP contribution >= 0.6 is 11.8 Å². The predicted molar refractivity (Wildman–Crippen MR) is 98.1 cm³/mol. The first-order valence-corrected chi connectivity index (χ1v) is 8.92. The number of nitrogens with zero attached hydrogens (tertiary/aromatic N) is 2. The Bertz CT molecular complexity index is 810. The number of likely N-dealkylation sites (N-methyl/N-ethyl adjacent to an activating group) is 1. The fourth-order valence-corrected chi connectivity index (χ4v) is 2.77. The van der Waals surface area contributed by atoms with Gasteiger partial charge in [-0.25, -0.2) is 4.79 Å². The van der Waals surface area contributed by atoms with Gasteiger partial charge in [0.25, 0.3) is 11.6 Å². The Morgan fingerprint density at radius 3 is 2.50 bits per heavy atom. The normalized spacial score (nSPS) is 10.2. The Labute approximate surface area is 155 Å². The monoisotopic (exact) mass is 374 g/mol. The summed E-state index contributed by atoms with van der Waals surface area (Å²) < 4.78 is 5.00. The molecule has 2 rings (SSSR count). The van der Waals surface area contributed by atoms with Crippen molar-refractivity contribution in [3.05, 3.63) is 69.8 Å². The number of esters is 1. The molecule has 7 nitrogen and oxygen atoms in total. The molecular weight excluding hydrogens is 356 g/mol. The summed E-state index contributed by atoms with van der Waals surface area (Å²) in [6, 6.07) is 13.5. The van der Waals surface area contributed by atoms with Crippen LogP contribution in [0, 0.1) is 10.1 Å². The van der Waals surface area contributed by atoms with Gasteiger partial charge >= 0.3 is 5.97 Å². The number of nitro benzene ring substituents is 1. The van der Waals surface area contributed by atoms with E-state index >= 15 is 0 Å². The summed E-state index contributed by atoms with van der Waals surface area (Å²) >= 11 is 1.21. The summed E-state index contributed by atoms with van der Waals surface area (Å²) in [7, 11) is 1.61. The number of carbonyl (C=O) groups is 2. The lowest BCUT2D eigenvalue weighted by Gasteiger charge is -2.17. The number of thioether (sulfide) groups is 1. The third-order valence-corrected chi connectivity index (χ3v) is 4.41. The summed E-state index contributed by atoms with van der Waals surface area (Å²) in [5.41, 5.74) is 0.824. The van der Waals surface area contributed by atoms with Crippen LogP contribution in [0.15, 0.2) is 53.4 Å². The lowest BCUT2D eigenvalue weighted by Crippen LogP contribution is -2.30. The minimum atomic E-state index is -0.776. The van der Waals surface area contributed by atoms with Crippen molar-refractivity contribution in [1.82, 2.24) is 4.90 Å². The van der Waals surface area contributed by atoms with Crippen molar-refractivity contribution in [2.75, 3.05) is 19.9 Å². The van der Waals surface area contributed by atoms with Crippen LogP contribution in [0.3, 0.4) is 0 Å². The third-order valence-electron chi connectivity index (χ3n) is 3.63. The summed E-state index contributed by atoms with van der Waals surface area (Å²) in [6.07, 6.45) is 1.71. The lowest BCUT2D eigenvalue weighted by molar-refractivity contribution is -0.387. The zero-order valence-electron chi connectivity index (χ0n) is 14.4. The van der Waals surface area contributed by atoms with Gasteiger partial charge in [-0.15, -0.1) is 11.8 Å². The average Bonchev–Trinajstić information content (AvgIpc) is 2.65. The first-order valence-electron chi connectivity index (χ1n) is 7.70. The van der Waals surface area contributed by atoms with Crippen molar-refractivity contribution in [2.45, 2.75) is 11.4 Å². The Kier molecular flexibility index (Phi) is 6.74. The first-order chi connectivity index (χ1) is 12.4. The van der Waals surface area contributed by atoms with E-state index in [-0.39, 0.29) is 17.2 Å². The van der Waals surface area contributed by atoms with Crippen molar-refractivity contribution in [3.8, 4) is 0 Å². The van der Waals surface area contributed by atoms with Crippen molar-refractivity contribution in [1.29, 1.82) is 0 Å². The zero-order chi connectivity index (χ0) is 19.1. The molecule has 0 N–H and O–H groups in total. The van der Waals surface area contributed by atoms with Gasteiger partial charge in [0.2, 0.25) is 0 Å². The van der Waals surface area contributed by atoms with Crippen molar-refractivity contribution in [3.63, 3.8) is 0 Å². The van der Waals surface area contributed by atoms with Crippen LogP contribution in [0.1, 0.15) is 15.9 Å². The SMILES string of the molecule is CSc1ccc(C(=O)OCC(=O)N(C)Cc2ccccc2)cc1[N+](=O)[O-]. The lowest BCUT2D eigenvalue weighted by atomic mass is 10.2. The van der Waals surface area contributed by atoms with Crippen LogP contribution in [-0.2, 0) is 16.1 Å². The van der Waals surface area contributed by atoms with E-state index in [0.29, 0.717) is 11.4 Å². The van der Waals surface area contributed by atoms with E-state index in [4.69, 9.17) is 4.74 Å². The molecule has 2 aromatic carbocycles. The maximum Gasteiger partial charge on any atom is 0.338 e. The molecule has 1 amide bonds. The second-order valence-electron chi connectivity index (χ2n) is 5.46. The summed E-state index contributed by atoms with van der Waals surface area (Å²) in [6.45, 7) is -0.0363. The Morgan fingerprint density at radius 1 is 1.19 bits per heavy atom. The van der Waals surface area contributed by atoms with Crippen LogP contribution < -0.4 is 0 Å². The van der Waals surface area contributed by atoms with Crippen molar-refractivity contribution >= 4 is 29.3 Å². The molecule has 8 heteroatoms. The molecule has 0 heterocycles. The Morgan fingerprint density at radius 2 is 1.88 bits per heavy atom. The summed E-state index contributed by atoms with van der Waals surface area (Å²) in [4.78, 5) is 36.6. The number of rotatable bonds is 7. The highest BCUT2D eigenvalue weighted by molar-refractivity contribution is 7.98. The van der Waals surface area contributed by atoms with E-state index in [1.54, 1.807) is 13.3 Å². The molecule has 0 aliphatic carbocycles. The van der Waals surface area contributed by atoms with Crippen LogP contribution in [0.5, 0.6) is 0 Å².